The second kappa shape index (κ2) is 3.56. The van der Waals surface area contributed by atoms with Gasteiger partial charge >= 0.3 is 0 Å². The van der Waals surface area contributed by atoms with Crippen LogP contribution in [0.2, 0.25) is 0 Å². The van der Waals surface area contributed by atoms with Crippen molar-refractivity contribution in [3.05, 3.63) is 0 Å². The quantitative estimate of drug-likeness (QED) is 0.426. The number of hydrogen-bond acceptors (Lipinski definition) is 2. The molecular weight excluding hydrogens is 66.0 g/mol. The molecule has 0 aliphatic heterocycles. The molecule has 0 bridgehead atoms. The lowest BCUT2D eigenvalue weighted by atomic mass is 10.7. The van der Waals surface area contributed by atoms with E-state index in [0.29, 0.717) is 13.1 Å². The van der Waals surface area contributed by atoms with E-state index in [1.807, 2.05) is 0 Å². The monoisotopic (exact) mass is 72.1 g/mol. The third-order valence-electron chi connectivity index (χ3n) is 0.229. The molecule has 0 fully saturated rings. The molecule has 0 saturated heterocycles. The van der Waals surface area contributed by atoms with E-state index >= 15 is 0 Å². The Balaban J connectivity index is 2.40. The summed E-state index contributed by atoms with van der Waals surface area (Å²) in [7, 11) is 0. The van der Waals surface area contributed by atoms with Crippen LogP contribution in [0.4, 0.5) is 0 Å². The molecule has 0 atom stereocenters. The van der Waals surface area contributed by atoms with Crippen LogP contribution in [0.25, 0.3) is 0 Å². The highest BCUT2D eigenvalue weighted by Crippen LogP contribution is 1.50. The van der Waals surface area contributed by atoms with Crippen LogP contribution in [0.15, 0.2) is 5.11 Å². The first-order chi connectivity index (χ1) is 2.41. The van der Waals surface area contributed by atoms with Gasteiger partial charge in [-0.1, -0.05) is 0 Å². The zero-order valence-corrected chi connectivity index (χ0v) is 2.89. The SMILES string of the molecule is [N]=NCCN. The van der Waals surface area contributed by atoms with E-state index in [9.17, 15) is 0 Å². The molecule has 0 unspecified atom stereocenters. The summed E-state index contributed by atoms with van der Waals surface area (Å²) in [4.78, 5) is 0. The third kappa shape index (κ3) is 3.56. The molecule has 0 saturated carbocycles. The van der Waals surface area contributed by atoms with Crippen LogP contribution in [0.1, 0.15) is 0 Å². The van der Waals surface area contributed by atoms with Gasteiger partial charge < -0.3 is 5.73 Å². The first-order valence-corrected chi connectivity index (χ1v) is 1.42. The van der Waals surface area contributed by atoms with Crippen molar-refractivity contribution in [1.29, 1.82) is 0 Å². The predicted octanol–water partition coefficient (Wildman–Crippen LogP) is -0.803. The Morgan fingerprint density at radius 1 is 1.80 bits per heavy atom. The van der Waals surface area contributed by atoms with Crippen LogP contribution >= 0.6 is 0 Å². The Hall–Kier alpha value is -0.440. The molecule has 0 aliphatic rings. The summed E-state index contributed by atoms with van der Waals surface area (Å²) < 4.78 is 0. The molecule has 29 valence electrons. The summed E-state index contributed by atoms with van der Waals surface area (Å²) in [5.74, 6) is 0. The van der Waals surface area contributed by atoms with Gasteiger partial charge in [0.25, 0.3) is 0 Å². The van der Waals surface area contributed by atoms with Crippen molar-refractivity contribution >= 4 is 0 Å². The predicted molar refractivity (Wildman–Crippen MR) is 18.5 cm³/mol. The van der Waals surface area contributed by atoms with Crippen LogP contribution in [0.5, 0.6) is 0 Å². The van der Waals surface area contributed by atoms with Crippen molar-refractivity contribution in [2.75, 3.05) is 13.1 Å². The van der Waals surface area contributed by atoms with E-state index in [4.69, 9.17) is 11.3 Å². The minimum Gasteiger partial charge on any atom is -0.329 e. The van der Waals surface area contributed by atoms with Crippen molar-refractivity contribution in [2.45, 2.75) is 0 Å². The van der Waals surface area contributed by atoms with Crippen molar-refractivity contribution in [2.24, 2.45) is 10.8 Å². The van der Waals surface area contributed by atoms with Gasteiger partial charge in [-0.2, -0.15) is 5.11 Å². The third-order valence-corrected chi connectivity index (χ3v) is 0.229. The smallest absolute Gasteiger partial charge is 0.0744 e. The fourth-order valence-electron chi connectivity index (χ4n) is 0.0577. The average molecular weight is 72.1 g/mol. The molecule has 3 heteroatoms. The van der Waals surface area contributed by atoms with Crippen LogP contribution in [0, 0.1) is 0 Å². The number of nitrogens with zero attached hydrogens (tertiary/aromatic N) is 2. The van der Waals surface area contributed by atoms with E-state index < -0.39 is 0 Å². The lowest BCUT2D eigenvalue weighted by Gasteiger charge is -1.71. The summed E-state index contributed by atoms with van der Waals surface area (Å²) in [6.45, 7) is 0.774. The number of nitrogens with two attached hydrogens (primary N) is 1. The molecule has 3 nitrogen and oxygen atoms in total. The molecule has 0 spiro atoms. The lowest BCUT2D eigenvalue weighted by Crippen LogP contribution is -2.01. The van der Waals surface area contributed by atoms with Crippen molar-refractivity contribution in [3.63, 3.8) is 0 Å². The first kappa shape index (κ1) is 4.56. The van der Waals surface area contributed by atoms with Gasteiger partial charge in [-0.25, -0.2) is 0 Å². The number of rotatable bonds is 2. The van der Waals surface area contributed by atoms with Crippen LogP contribution in [-0.4, -0.2) is 13.1 Å². The molecule has 0 aromatic heterocycles. The van der Waals surface area contributed by atoms with Gasteiger partial charge in [-0.05, 0) is 5.53 Å². The molecule has 0 heterocycles. The van der Waals surface area contributed by atoms with Gasteiger partial charge in [0.15, 0.2) is 0 Å². The molecule has 0 aromatic carbocycles. The maximum absolute atomic E-state index is 7.61. The van der Waals surface area contributed by atoms with Gasteiger partial charge in [-0.15, -0.1) is 0 Å². The fourth-order valence-corrected chi connectivity index (χ4v) is 0.0577. The standard InChI is InChI=1S/C2H6N3/c3-1-2-5-4/h1-3H2. The zero-order valence-electron chi connectivity index (χ0n) is 2.89. The summed E-state index contributed by atoms with van der Waals surface area (Å²) in [6, 6.07) is 0. The first-order valence-electron chi connectivity index (χ1n) is 1.42. The second-order valence-electron chi connectivity index (χ2n) is 0.654. The maximum Gasteiger partial charge on any atom is 0.0744 e. The molecule has 2 N–H and O–H groups in total. The summed E-state index contributed by atoms with van der Waals surface area (Å²) in [6.07, 6.45) is 0. The molecular formula is C2H6N3. The van der Waals surface area contributed by atoms with Gasteiger partial charge in [0.05, 0.1) is 6.54 Å². The van der Waals surface area contributed by atoms with Crippen LogP contribution in [0.3, 0.4) is 0 Å². The second-order valence-corrected chi connectivity index (χ2v) is 0.654. The highest BCUT2D eigenvalue weighted by molar-refractivity contribution is 4.31. The summed E-state index contributed by atoms with van der Waals surface area (Å²) in [5.41, 5.74) is 12.5. The topological polar surface area (TPSA) is 60.7 Å². The zero-order chi connectivity index (χ0) is 4.12. The van der Waals surface area contributed by atoms with Gasteiger partial charge in [-0.3, -0.25) is 0 Å². The highest BCUT2D eigenvalue weighted by atomic mass is 15.0. The van der Waals surface area contributed by atoms with E-state index in [1.54, 1.807) is 0 Å². The molecule has 0 rings (SSSR count). The van der Waals surface area contributed by atoms with E-state index in [-0.39, 0.29) is 0 Å². The fraction of sp³-hybridized carbons (Fsp3) is 1.00. The lowest BCUT2D eigenvalue weighted by molar-refractivity contribution is 0.921. The average Bonchev–Trinajstić information content (AvgIpc) is 1.41. The molecule has 0 amide bonds. The summed E-state index contributed by atoms with van der Waals surface area (Å²) in [5, 5.41) is 2.73. The van der Waals surface area contributed by atoms with E-state index in [0.717, 1.165) is 0 Å². The van der Waals surface area contributed by atoms with E-state index in [1.165, 1.54) is 0 Å². The van der Waals surface area contributed by atoms with Crippen molar-refractivity contribution in [1.82, 2.24) is 5.53 Å². The Labute approximate surface area is 30.7 Å². The van der Waals surface area contributed by atoms with Gasteiger partial charge in [0.1, 0.15) is 0 Å². The van der Waals surface area contributed by atoms with E-state index in [2.05, 4.69) is 5.11 Å². The number of hydrogen-bond donors (Lipinski definition) is 1. The molecule has 0 aromatic rings. The largest absolute Gasteiger partial charge is 0.329 e. The minimum absolute atomic E-state index is 0.347. The van der Waals surface area contributed by atoms with Crippen LogP contribution in [-0.2, 0) is 0 Å². The van der Waals surface area contributed by atoms with Gasteiger partial charge in [0, 0.05) is 6.54 Å². The highest BCUT2D eigenvalue weighted by Gasteiger charge is 1.64. The maximum atomic E-state index is 7.61. The van der Waals surface area contributed by atoms with Crippen LogP contribution < -0.4 is 11.3 Å². The Morgan fingerprint density at radius 2 is 2.40 bits per heavy atom. The Bertz CT molecular complexity index is 26.1. The van der Waals surface area contributed by atoms with Crippen molar-refractivity contribution < 1.29 is 0 Å². The summed E-state index contributed by atoms with van der Waals surface area (Å²) >= 11 is 0. The normalized spacial score (nSPS) is 7.40. The minimum atomic E-state index is 0.347. The van der Waals surface area contributed by atoms with Gasteiger partial charge in [0.2, 0.25) is 0 Å². The molecule has 5 heavy (non-hydrogen) atoms. The Kier molecular flexibility index (Phi) is 3.25. The Morgan fingerprint density at radius 3 is 2.40 bits per heavy atom. The van der Waals surface area contributed by atoms with Crippen molar-refractivity contribution in [3.8, 4) is 0 Å². The molecule has 1 radical (unpaired) electrons. The molecule has 0 aliphatic carbocycles.